The summed E-state index contributed by atoms with van der Waals surface area (Å²) in [5, 5.41) is 2.93. The number of hydrogen-bond acceptors (Lipinski definition) is 4. The van der Waals surface area contributed by atoms with Crippen LogP contribution in [0.1, 0.15) is 5.56 Å². The summed E-state index contributed by atoms with van der Waals surface area (Å²) in [5.74, 6) is 0.311. The zero-order valence-corrected chi connectivity index (χ0v) is 13.6. The molecule has 7 heteroatoms. The highest BCUT2D eigenvalue weighted by Gasteiger charge is 2.08. The van der Waals surface area contributed by atoms with Gasteiger partial charge in [-0.1, -0.05) is 24.3 Å². The van der Waals surface area contributed by atoms with Crippen LogP contribution in [0.15, 0.2) is 58.1 Å². The fourth-order valence-electron chi connectivity index (χ4n) is 2.44. The molecule has 1 aromatic heterocycles. The van der Waals surface area contributed by atoms with E-state index in [0.717, 1.165) is 10.1 Å². The van der Waals surface area contributed by atoms with Gasteiger partial charge in [0, 0.05) is 7.05 Å². The molecular weight excluding hydrogens is 322 g/mol. The van der Waals surface area contributed by atoms with Crippen LogP contribution in [0.4, 0.5) is 0 Å². The minimum Gasteiger partial charge on any atom is -0.484 e. The summed E-state index contributed by atoms with van der Waals surface area (Å²) in [6.45, 7) is 0.0778. The van der Waals surface area contributed by atoms with Gasteiger partial charge < -0.3 is 15.0 Å². The van der Waals surface area contributed by atoms with Crippen LogP contribution in [-0.2, 0) is 11.3 Å². The molecule has 0 bridgehead atoms. The minimum atomic E-state index is -0.455. The van der Waals surface area contributed by atoms with Crippen LogP contribution in [0.3, 0.4) is 0 Å². The lowest BCUT2D eigenvalue weighted by atomic mass is 10.2. The first kappa shape index (κ1) is 16.5. The van der Waals surface area contributed by atoms with E-state index >= 15 is 0 Å². The molecule has 1 amide bonds. The van der Waals surface area contributed by atoms with E-state index in [2.05, 4.69) is 10.3 Å². The van der Waals surface area contributed by atoms with Gasteiger partial charge in [0.05, 0.1) is 17.4 Å². The highest BCUT2D eigenvalue weighted by Crippen LogP contribution is 2.12. The molecule has 128 valence electrons. The molecule has 0 atom stereocenters. The van der Waals surface area contributed by atoms with Gasteiger partial charge in [0.25, 0.3) is 11.5 Å². The number of hydrogen-bond donors (Lipinski definition) is 2. The molecule has 25 heavy (non-hydrogen) atoms. The van der Waals surface area contributed by atoms with Crippen LogP contribution < -0.4 is 21.3 Å². The van der Waals surface area contributed by atoms with Crippen molar-refractivity contribution in [2.75, 3.05) is 13.7 Å². The maximum Gasteiger partial charge on any atom is 0.329 e. The quantitative estimate of drug-likeness (QED) is 0.721. The third kappa shape index (κ3) is 3.60. The highest BCUT2D eigenvalue weighted by molar-refractivity contribution is 5.77. The zero-order valence-electron chi connectivity index (χ0n) is 13.6. The molecule has 0 radical (unpaired) electrons. The van der Waals surface area contributed by atoms with E-state index in [9.17, 15) is 14.4 Å². The Morgan fingerprint density at radius 2 is 1.84 bits per heavy atom. The van der Waals surface area contributed by atoms with E-state index in [-0.39, 0.29) is 24.6 Å². The predicted octanol–water partition coefficient (Wildman–Crippen LogP) is 0.863. The first-order chi connectivity index (χ1) is 12.1. The minimum absolute atomic E-state index is 0.0698. The molecule has 0 aliphatic rings. The number of rotatable bonds is 5. The van der Waals surface area contributed by atoms with E-state index in [1.807, 2.05) is 0 Å². The van der Waals surface area contributed by atoms with Crippen molar-refractivity contribution in [2.45, 2.75) is 6.54 Å². The summed E-state index contributed by atoms with van der Waals surface area (Å²) in [6.07, 6.45) is 0. The number of carbonyl (C=O) groups excluding carboxylic acids is 1. The number of amides is 1. The van der Waals surface area contributed by atoms with Crippen LogP contribution in [0, 0.1) is 0 Å². The molecule has 0 fully saturated rings. The van der Waals surface area contributed by atoms with Crippen molar-refractivity contribution < 1.29 is 9.53 Å². The van der Waals surface area contributed by atoms with Crippen molar-refractivity contribution in [3.05, 3.63) is 74.9 Å². The van der Waals surface area contributed by atoms with Crippen LogP contribution in [-0.4, -0.2) is 29.1 Å². The summed E-state index contributed by atoms with van der Waals surface area (Å²) in [5.41, 5.74) is 0.504. The Hall–Kier alpha value is -3.35. The molecule has 0 spiro atoms. The third-order valence-corrected chi connectivity index (χ3v) is 3.80. The number of ether oxygens (including phenoxy) is 1. The van der Waals surface area contributed by atoms with E-state index in [0.29, 0.717) is 16.7 Å². The van der Waals surface area contributed by atoms with E-state index in [1.54, 1.807) is 48.5 Å². The molecular formula is C18H17N3O4. The average molecular weight is 339 g/mol. The lowest BCUT2D eigenvalue weighted by Crippen LogP contribution is -2.35. The molecule has 0 unspecified atom stereocenters. The molecule has 0 saturated carbocycles. The second kappa shape index (κ2) is 7.04. The summed E-state index contributed by atoms with van der Waals surface area (Å²) >= 11 is 0. The molecule has 7 nitrogen and oxygen atoms in total. The fourth-order valence-corrected chi connectivity index (χ4v) is 2.44. The number of benzene rings is 2. The van der Waals surface area contributed by atoms with Gasteiger partial charge in [-0.2, -0.15) is 0 Å². The number of H-pyrrole nitrogens is 1. The maximum atomic E-state index is 12.5. The predicted molar refractivity (Wildman–Crippen MR) is 93.9 cm³/mol. The SMILES string of the molecule is CNC(=O)COc1ccc(Cn2c(=O)[nH]c3ccccc3c2=O)cc1. The molecule has 3 aromatic rings. The van der Waals surface area contributed by atoms with E-state index < -0.39 is 5.69 Å². The number of nitrogens with zero attached hydrogens (tertiary/aromatic N) is 1. The summed E-state index contributed by atoms with van der Waals surface area (Å²) in [4.78, 5) is 38.6. The number of carbonyl (C=O) groups is 1. The van der Waals surface area contributed by atoms with Gasteiger partial charge in [-0.3, -0.25) is 14.2 Å². The van der Waals surface area contributed by atoms with Crippen molar-refractivity contribution in [3.63, 3.8) is 0 Å². The normalized spacial score (nSPS) is 10.6. The second-order valence-corrected chi connectivity index (χ2v) is 5.47. The van der Waals surface area contributed by atoms with Crippen molar-refractivity contribution in [1.29, 1.82) is 0 Å². The lowest BCUT2D eigenvalue weighted by molar-refractivity contribution is -0.122. The molecule has 2 N–H and O–H groups in total. The largest absolute Gasteiger partial charge is 0.484 e. The van der Waals surface area contributed by atoms with Crippen molar-refractivity contribution in [3.8, 4) is 5.75 Å². The van der Waals surface area contributed by atoms with Gasteiger partial charge in [-0.15, -0.1) is 0 Å². The third-order valence-electron chi connectivity index (χ3n) is 3.80. The molecule has 0 saturated heterocycles. The second-order valence-electron chi connectivity index (χ2n) is 5.47. The van der Waals surface area contributed by atoms with Gasteiger partial charge in [0.2, 0.25) is 0 Å². The molecule has 0 aliphatic heterocycles. The Balaban J connectivity index is 1.83. The number of nitrogens with one attached hydrogen (secondary N) is 2. The Morgan fingerprint density at radius 1 is 1.12 bits per heavy atom. The fraction of sp³-hybridized carbons (Fsp3) is 0.167. The Labute approximate surface area is 142 Å². The number of likely N-dealkylation sites (N-methyl/N-ethyl adjacent to an activating group) is 1. The number of aromatic nitrogens is 2. The molecule has 2 aromatic carbocycles. The Morgan fingerprint density at radius 3 is 2.56 bits per heavy atom. The monoisotopic (exact) mass is 339 g/mol. The van der Waals surface area contributed by atoms with Gasteiger partial charge in [-0.25, -0.2) is 4.79 Å². The first-order valence-corrected chi connectivity index (χ1v) is 7.72. The number of fused-ring (bicyclic) bond motifs is 1. The topological polar surface area (TPSA) is 93.2 Å². The van der Waals surface area contributed by atoms with Gasteiger partial charge in [-0.05, 0) is 29.8 Å². The summed E-state index contributed by atoms with van der Waals surface area (Å²) in [7, 11) is 1.54. The lowest BCUT2D eigenvalue weighted by Gasteiger charge is -2.08. The van der Waals surface area contributed by atoms with Crippen molar-refractivity contribution in [1.82, 2.24) is 14.9 Å². The summed E-state index contributed by atoms with van der Waals surface area (Å²) < 4.78 is 6.48. The highest BCUT2D eigenvalue weighted by atomic mass is 16.5. The van der Waals surface area contributed by atoms with Gasteiger partial charge >= 0.3 is 5.69 Å². The van der Waals surface area contributed by atoms with Gasteiger partial charge in [0.1, 0.15) is 5.75 Å². The first-order valence-electron chi connectivity index (χ1n) is 7.72. The van der Waals surface area contributed by atoms with Crippen molar-refractivity contribution in [2.24, 2.45) is 0 Å². The zero-order chi connectivity index (χ0) is 17.8. The number of para-hydroxylation sites is 1. The van der Waals surface area contributed by atoms with Gasteiger partial charge in [0.15, 0.2) is 6.61 Å². The molecule has 0 aliphatic carbocycles. The van der Waals surface area contributed by atoms with Crippen LogP contribution in [0.5, 0.6) is 5.75 Å². The van der Waals surface area contributed by atoms with Crippen LogP contribution >= 0.6 is 0 Å². The average Bonchev–Trinajstić information content (AvgIpc) is 2.64. The van der Waals surface area contributed by atoms with Crippen LogP contribution in [0.25, 0.3) is 10.9 Å². The molecule has 1 heterocycles. The standard InChI is InChI=1S/C18H17N3O4/c1-19-16(22)11-25-13-8-6-12(7-9-13)10-21-17(23)14-4-2-3-5-15(14)20-18(21)24/h2-9H,10-11H2,1H3,(H,19,22)(H,20,24). The Bertz CT molecular complexity index is 1020. The Kier molecular flexibility index (Phi) is 4.65. The summed E-state index contributed by atoms with van der Waals surface area (Å²) in [6, 6.07) is 13.8. The van der Waals surface area contributed by atoms with E-state index in [1.165, 1.54) is 7.05 Å². The van der Waals surface area contributed by atoms with Crippen LogP contribution in [0.2, 0.25) is 0 Å². The maximum absolute atomic E-state index is 12.5. The molecule has 3 rings (SSSR count). The smallest absolute Gasteiger partial charge is 0.329 e. The van der Waals surface area contributed by atoms with E-state index in [4.69, 9.17) is 4.74 Å². The van der Waals surface area contributed by atoms with Crippen molar-refractivity contribution >= 4 is 16.8 Å². The number of aromatic amines is 1.